The molecule has 0 radical (unpaired) electrons. The summed E-state index contributed by atoms with van der Waals surface area (Å²) in [5.74, 6) is 0.915. The van der Waals surface area contributed by atoms with Crippen LogP contribution in [0.1, 0.15) is 11.1 Å². The Balaban J connectivity index is 2.16. The van der Waals surface area contributed by atoms with E-state index in [0.29, 0.717) is 0 Å². The van der Waals surface area contributed by atoms with Crippen LogP contribution in [0.25, 0.3) is 11.3 Å². The summed E-state index contributed by atoms with van der Waals surface area (Å²) in [6.45, 7) is 2.05. The molecule has 1 aromatic carbocycles. The van der Waals surface area contributed by atoms with Gasteiger partial charge in [0.05, 0.1) is 6.26 Å². The minimum atomic E-state index is 0.811. The van der Waals surface area contributed by atoms with Gasteiger partial charge in [0.1, 0.15) is 5.76 Å². The van der Waals surface area contributed by atoms with Crippen LogP contribution in [0, 0.1) is 0 Å². The number of nitrogens with two attached hydrogens (primary N) is 1. The van der Waals surface area contributed by atoms with Crippen LogP contribution in [-0.2, 0) is 13.0 Å². The van der Waals surface area contributed by atoms with Crippen molar-refractivity contribution >= 4 is 5.69 Å². The quantitative estimate of drug-likeness (QED) is 0.763. The number of nitrogen functional groups attached to an aromatic ring is 1. The number of nitrogens with zero attached hydrogens (tertiary/aromatic N) is 1. The van der Waals surface area contributed by atoms with Crippen molar-refractivity contribution in [3.63, 3.8) is 0 Å². The van der Waals surface area contributed by atoms with E-state index in [2.05, 4.69) is 18.0 Å². The van der Waals surface area contributed by atoms with Crippen molar-refractivity contribution in [2.45, 2.75) is 13.0 Å². The van der Waals surface area contributed by atoms with Gasteiger partial charge in [0.25, 0.3) is 0 Å². The molecule has 1 aromatic heterocycles. The molecule has 2 aromatic rings. The van der Waals surface area contributed by atoms with Crippen LogP contribution in [0.3, 0.4) is 0 Å². The van der Waals surface area contributed by atoms with Crippen molar-refractivity contribution in [3.05, 3.63) is 41.7 Å². The Labute approximate surface area is 101 Å². The molecule has 88 valence electrons. The van der Waals surface area contributed by atoms with Crippen LogP contribution in [0.15, 0.2) is 34.9 Å². The lowest BCUT2D eigenvalue weighted by Crippen LogP contribution is -2.27. The molecule has 2 N–H and O–H groups in total. The van der Waals surface area contributed by atoms with E-state index < -0.39 is 0 Å². The number of hydrogen-bond acceptors (Lipinski definition) is 3. The van der Waals surface area contributed by atoms with Gasteiger partial charge in [0, 0.05) is 24.3 Å². The van der Waals surface area contributed by atoms with E-state index in [0.717, 1.165) is 36.5 Å². The van der Waals surface area contributed by atoms with Crippen molar-refractivity contribution in [1.82, 2.24) is 4.90 Å². The third-order valence-corrected chi connectivity index (χ3v) is 3.34. The second-order valence-corrected chi connectivity index (χ2v) is 4.67. The highest BCUT2D eigenvalue weighted by atomic mass is 16.3. The van der Waals surface area contributed by atoms with Crippen LogP contribution in [0.4, 0.5) is 5.69 Å². The van der Waals surface area contributed by atoms with E-state index in [1.807, 2.05) is 18.2 Å². The average molecular weight is 228 g/mol. The summed E-state index contributed by atoms with van der Waals surface area (Å²) in [4.78, 5) is 2.31. The molecule has 0 aliphatic carbocycles. The van der Waals surface area contributed by atoms with Crippen molar-refractivity contribution in [3.8, 4) is 11.3 Å². The second kappa shape index (κ2) is 3.93. The number of furan rings is 1. The van der Waals surface area contributed by atoms with Gasteiger partial charge in [-0.1, -0.05) is 0 Å². The van der Waals surface area contributed by atoms with E-state index in [1.165, 1.54) is 11.1 Å². The van der Waals surface area contributed by atoms with Gasteiger partial charge in [-0.3, -0.25) is 0 Å². The van der Waals surface area contributed by atoms with E-state index in [1.54, 1.807) is 6.26 Å². The molecule has 0 spiro atoms. The summed E-state index contributed by atoms with van der Waals surface area (Å²) >= 11 is 0. The molecule has 0 fully saturated rings. The molecule has 0 bridgehead atoms. The number of hydrogen-bond donors (Lipinski definition) is 1. The molecular formula is C14H16N2O. The fourth-order valence-electron chi connectivity index (χ4n) is 2.52. The summed E-state index contributed by atoms with van der Waals surface area (Å²) in [5.41, 5.74) is 10.6. The van der Waals surface area contributed by atoms with E-state index in [-0.39, 0.29) is 0 Å². The van der Waals surface area contributed by atoms with Gasteiger partial charge >= 0.3 is 0 Å². The first-order valence-electron chi connectivity index (χ1n) is 5.88. The molecule has 0 atom stereocenters. The fraction of sp³-hybridized carbons (Fsp3) is 0.286. The first-order valence-corrected chi connectivity index (χ1v) is 5.88. The number of fused-ring (bicyclic) bond motifs is 1. The van der Waals surface area contributed by atoms with Crippen LogP contribution in [0.2, 0.25) is 0 Å². The standard InChI is InChI=1S/C14H16N2O/c1-16-5-4-12-10(9-16)7-11(15)8-13(12)14-3-2-6-17-14/h2-3,6-8H,4-5,9,15H2,1H3. The number of benzene rings is 1. The SMILES string of the molecule is CN1CCc2c(cc(N)cc2-c2ccco2)C1. The molecule has 3 heteroatoms. The van der Waals surface area contributed by atoms with Gasteiger partial charge in [-0.25, -0.2) is 0 Å². The van der Waals surface area contributed by atoms with Gasteiger partial charge in [-0.2, -0.15) is 0 Å². The topological polar surface area (TPSA) is 42.4 Å². The van der Waals surface area contributed by atoms with E-state index in [9.17, 15) is 0 Å². The molecule has 0 saturated heterocycles. The Hall–Kier alpha value is -1.74. The summed E-state index contributed by atoms with van der Waals surface area (Å²) in [5, 5.41) is 0. The van der Waals surface area contributed by atoms with Crippen molar-refractivity contribution in [2.24, 2.45) is 0 Å². The summed E-state index contributed by atoms with van der Waals surface area (Å²) in [6, 6.07) is 8.01. The first-order chi connectivity index (χ1) is 8.24. The van der Waals surface area contributed by atoms with Crippen molar-refractivity contribution < 1.29 is 4.42 Å². The highest BCUT2D eigenvalue weighted by Gasteiger charge is 2.18. The van der Waals surface area contributed by atoms with Crippen LogP contribution in [0.5, 0.6) is 0 Å². The molecule has 0 unspecified atom stereocenters. The van der Waals surface area contributed by atoms with Crippen molar-refractivity contribution in [1.29, 1.82) is 0 Å². The molecule has 2 heterocycles. The third kappa shape index (κ3) is 1.83. The third-order valence-electron chi connectivity index (χ3n) is 3.34. The molecular weight excluding hydrogens is 212 g/mol. The van der Waals surface area contributed by atoms with E-state index in [4.69, 9.17) is 10.2 Å². The highest BCUT2D eigenvalue weighted by Crippen LogP contribution is 2.32. The zero-order valence-electron chi connectivity index (χ0n) is 9.94. The smallest absolute Gasteiger partial charge is 0.134 e. The maximum Gasteiger partial charge on any atom is 0.134 e. The highest BCUT2D eigenvalue weighted by molar-refractivity contribution is 5.69. The molecule has 1 aliphatic rings. The Morgan fingerprint density at radius 1 is 1.35 bits per heavy atom. The minimum absolute atomic E-state index is 0.811. The molecule has 0 amide bonds. The lowest BCUT2D eigenvalue weighted by molar-refractivity contribution is 0.313. The van der Waals surface area contributed by atoms with Gasteiger partial charge in [-0.05, 0) is 48.9 Å². The lowest BCUT2D eigenvalue weighted by Gasteiger charge is -2.26. The van der Waals surface area contributed by atoms with Gasteiger partial charge in [-0.15, -0.1) is 0 Å². The zero-order valence-corrected chi connectivity index (χ0v) is 9.94. The Kier molecular flexibility index (Phi) is 2.41. The summed E-state index contributed by atoms with van der Waals surface area (Å²) in [6.07, 6.45) is 2.77. The largest absolute Gasteiger partial charge is 0.464 e. The molecule has 17 heavy (non-hydrogen) atoms. The average Bonchev–Trinajstić information content (AvgIpc) is 2.80. The number of likely N-dealkylation sites (N-methyl/N-ethyl adjacent to an activating group) is 1. The summed E-state index contributed by atoms with van der Waals surface area (Å²) in [7, 11) is 2.14. The molecule has 1 aliphatic heterocycles. The second-order valence-electron chi connectivity index (χ2n) is 4.67. The molecule has 0 saturated carbocycles. The summed E-state index contributed by atoms with van der Waals surface area (Å²) < 4.78 is 5.50. The van der Waals surface area contributed by atoms with E-state index >= 15 is 0 Å². The Bertz CT molecular complexity index is 531. The van der Waals surface area contributed by atoms with Crippen LogP contribution < -0.4 is 5.73 Å². The number of anilines is 1. The maximum absolute atomic E-state index is 5.97. The zero-order chi connectivity index (χ0) is 11.8. The maximum atomic E-state index is 5.97. The number of rotatable bonds is 1. The van der Waals surface area contributed by atoms with Gasteiger partial charge < -0.3 is 15.1 Å². The molecule has 3 rings (SSSR count). The fourth-order valence-corrected chi connectivity index (χ4v) is 2.52. The Morgan fingerprint density at radius 2 is 2.24 bits per heavy atom. The molecule has 3 nitrogen and oxygen atoms in total. The predicted octanol–water partition coefficient (Wildman–Crippen LogP) is 2.52. The first kappa shape index (κ1) is 10.4. The monoisotopic (exact) mass is 228 g/mol. The van der Waals surface area contributed by atoms with Crippen LogP contribution in [-0.4, -0.2) is 18.5 Å². The van der Waals surface area contributed by atoms with Gasteiger partial charge in [0.15, 0.2) is 0 Å². The minimum Gasteiger partial charge on any atom is -0.464 e. The normalized spacial score (nSPS) is 15.8. The Morgan fingerprint density at radius 3 is 3.00 bits per heavy atom. The van der Waals surface area contributed by atoms with Crippen LogP contribution >= 0.6 is 0 Å². The van der Waals surface area contributed by atoms with Crippen molar-refractivity contribution in [2.75, 3.05) is 19.3 Å². The predicted molar refractivity (Wildman–Crippen MR) is 68.6 cm³/mol. The lowest BCUT2D eigenvalue weighted by atomic mass is 9.93. The van der Waals surface area contributed by atoms with Gasteiger partial charge in [0.2, 0.25) is 0 Å².